The maximum atomic E-state index is 15.3. The molecule has 2 fully saturated rings. The van der Waals surface area contributed by atoms with Crippen molar-refractivity contribution >= 4 is 41.4 Å². The van der Waals surface area contributed by atoms with Gasteiger partial charge in [-0.05, 0) is 129 Å². The molecule has 6 N–H and O–H groups in total. The highest BCUT2D eigenvalue weighted by atomic mass is 16.2. The van der Waals surface area contributed by atoms with Crippen molar-refractivity contribution in [2.24, 2.45) is 16.7 Å². The second kappa shape index (κ2) is 26.6. The van der Waals surface area contributed by atoms with Crippen LogP contribution in [0.1, 0.15) is 138 Å². The Kier molecular flexibility index (Phi) is 19.8. The van der Waals surface area contributed by atoms with Crippen molar-refractivity contribution in [3.8, 4) is 0 Å². The smallest absolute Gasteiger partial charge is 0.246 e. The maximum Gasteiger partial charge on any atom is 0.246 e. The summed E-state index contributed by atoms with van der Waals surface area (Å²) < 4.78 is 0. The van der Waals surface area contributed by atoms with Gasteiger partial charge in [-0.25, -0.2) is 0 Å². The molecule has 0 radical (unpaired) electrons. The van der Waals surface area contributed by atoms with Crippen LogP contribution in [0.4, 0.5) is 0 Å². The van der Waals surface area contributed by atoms with Gasteiger partial charge in [0.2, 0.25) is 41.4 Å². The first kappa shape index (κ1) is 61.2. The van der Waals surface area contributed by atoms with Crippen LogP contribution in [-0.2, 0) is 65.8 Å². The minimum absolute atomic E-state index is 0.0687. The third kappa shape index (κ3) is 14.6. The summed E-state index contributed by atoms with van der Waals surface area (Å²) in [5.41, 5.74) is 5.46. The number of benzene rings is 4. The fraction of sp³-hybridized carbons (Fsp3) is 0.530. The van der Waals surface area contributed by atoms with Crippen molar-refractivity contribution < 1.29 is 33.6 Å². The Morgan fingerprint density at radius 3 is 1.77 bits per heavy atom. The van der Waals surface area contributed by atoms with E-state index in [1.165, 1.54) is 11.1 Å². The van der Waals surface area contributed by atoms with Crippen LogP contribution in [0.2, 0.25) is 0 Å². The predicted molar refractivity (Wildman–Crippen MR) is 319 cm³/mol. The number of carbonyl (C=O) groups is 7. The fourth-order valence-electron chi connectivity index (χ4n) is 12.3. The van der Waals surface area contributed by atoms with Gasteiger partial charge in [0.1, 0.15) is 30.2 Å². The minimum atomic E-state index is -1.02. The number of hydrogen-bond acceptors (Lipinski definition) is 9. The number of likely N-dealkylation sites (N-methyl/N-ethyl adjacent to an activating group) is 2. The molecule has 9 atom stereocenters. The molecule has 82 heavy (non-hydrogen) atoms. The molecule has 1 aliphatic carbocycles. The molecule has 4 aromatic rings. The number of nitrogens with zero attached hydrogens (tertiary/aromatic N) is 3. The van der Waals surface area contributed by atoms with E-state index >= 15 is 14.4 Å². The van der Waals surface area contributed by atoms with Gasteiger partial charge in [0.15, 0.2) is 0 Å². The van der Waals surface area contributed by atoms with Gasteiger partial charge in [0, 0.05) is 44.9 Å². The van der Waals surface area contributed by atoms with Crippen LogP contribution in [0, 0.1) is 16.7 Å². The first-order valence-corrected chi connectivity index (χ1v) is 29.8. The SMILES string of the molecule is CN[C@@H](C)C(=O)N[C@H](C(=O)N1C[C@@H](c2ccc3c(c2)CN(C(=O)[C@@H](NC(=O)[C@H](C)NC)C(C)(C)C)[C@H](C(=O)N[C@@H]2CCCc4ccccc42)C3)C[C@H]1C(=O)N[C@@H](Cc1ccccc1)C(=O)N1CCC(Cc2ccccc2)CC1)C(C)(C)C. The van der Waals surface area contributed by atoms with Gasteiger partial charge in [-0.15, -0.1) is 0 Å². The van der Waals surface area contributed by atoms with Crippen molar-refractivity contribution in [1.29, 1.82) is 0 Å². The van der Waals surface area contributed by atoms with Crippen molar-refractivity contribution in [3.05, 3.63) is 142 Å². The number of piperidine rings is 1. The zero-order chi connectivity index (χ0) is 59.0. The molecule has 0 saturated carbocycles. The molecule has 3 heterocycles. The van der Waals surface area contributed by atoms with Crippen molar-refractivity contribution in [2.75, 3.05) is 33.7 Å². The zero-order valence-electron chi connectivity index (χ0n) is 50.0. The Balaban J connectivity index is 1.11. The van der Waals surface area contributed by atoms with E-state index in [9.17, 15) is 19.2 Å². The van der Waals surface area contributed by atoms with Gasteiger partial charge in [-0.1, -0.05) is 145 Å². The van der Waals surface area contributed by atoms with E-state index in [2.05, 4.69) is 68.3 Å². The van der Waals surface area contributed by atoms with E-state index in [4.69, 9.17) is 0 Å². The zero-order valence-corrected chi connectivity index (χ0v) is 50.0. The van der Waals surface area contributed by atoms with Crippen molar-refractivity contribution in [1.82, 2.24) is 46.6 Å². The molecule has 4 aliphatic rings. The van der Waals surface area contributed by atoms with Gasteiger partial charge in [-0.2, -0.15) is 0 Å². The third-order valence-electron chi connectivity index (χ3n) is 17.6. The second-order valence-corrected chi connectivity index (χ2v) is 25.7. The largest absolute Gasteiger partial charge is 0.347 e. The monoisotopic (exact) mass is 1120 g/mol. The standard InChI is InChI=1S/C66H89N9O7/c1-41(67-9)58(76)71-56(65(3,4)5)63(81)74-39-49-36-47(28-29-48(49)37-54(74)60(78)69-52-27-19-25-46-24-17-18-26-51(46)52)50-38-55(75(40-50)64(82)57(66(6,7)8)72-59(77)42(2)68-10)61(79)70-53(35-44-22-15-12-16-23-44)62(80)73-32-30-45(31-33-73)34-43-20-13-11-14-21-43/h11-18,20-24,26,28-29,36,41-42,45,50,52-57,67-68H,19,25,27,30-35,37-40H2,1-10H3,(H,69,78)(H,70,79)(H,71,76)(H,72,77)/t41-,42-,50-,52+,53-,54-,55-,56+,57+/m0/s1. The lowest BCUT2D eigenvalue weighted by molar-refractivity contribution is -0.147. The number of hydrogen-bond donors (Lipinski definition) is 6. The third-order valence-corrected chi connectivity index (χ3v) is 17.6. The molecule has 0 bridgehead atoms. The van der Waals surface area contributed by atoms with Crippen LogP contribution in [-0.4, -0.2) is 132 Å². The van der Waals surface area contributed by atoms with E-state index in [-0.39, 0.29) is 73.8 Å². The highest BCUT2D eigenvalue weighted by molar-refractivity contribution is 5.96. The van der Waals surface area contributed by atoms with Crippen LogP contribution in [0.5, 0.6) is 0 Å². The summed E-state index contributed by atoms with van der Waals surface area (Å²) in [4.78, 5) is 108. The van der Waals surface area contributed by atoms with Gasteiger partial charge in [-0.3, -0.25) is 33.6 Å². The van der Waals surface area contributed by atoms with Crippen LogP contribution in [0.15, 0.2) is 103 Å². The molecule has 0 unspecified atom stereocenters. The Labute approximate surface area is 486 Å². The topological polar surface area (TPSA) is 201 Å². The highest BCUT2D eigenvalue weighted by Crippen LogP contribution is 2.38. The molecule has 4 aromatic carbocycles. The van der Waals surface area contributed by atoms with Crippen LogP contribution >= 0.6 is 0 Å². The normalized spacial score (nSPS) is 21.2. The first-order valence-electron chi connectivity index (χ1n) is 29.8. The van der Waals surface area contributed by atoms with E-state index < -0.39 is 64.9 Å². The number of carbonyl (C=O) groups excluding carboxylic acids is 7. The predicted octanol–water partition coefficient (Wildman–Crippen LogP) is 6.30. The number of nitrogens with one attached hydrogen (secondary N) is 6. The summed E-state index contributed by atoms with van der Waals surface area (Å²) in [6, 6.07) is 28.0. The molecule has 0 aromatic heterocycles. The Hall–Kier alpha value is -6.91. The van der Waals surface area contributed by atoms with Crippen LogP contribution in [0.3, 0.4) is 0 Å². The summed E-state index contributed by atoms with van der Waals surface area (Å²) >= 11 is 0. The molecule has 2 saturated heterocycles. The second-order valence-electron chi connectivity index (χ2n) is 25.7. The molecular formula is C66H89N9O7. The number of likely N-dealkylation sites (tertiary alicyclic amines) is 2. The number of amides is 7. The lowest BCUT2D eigenvalue weighted by Gasteiger charge is -2.42. The lowest BCUT2D eigenvalue weighted by Crippen LogP contribution is -2.62. The van der Waals surface area contributed by atoms with E-state index in [1.54, 1.807) is 37.7 Å². The maximum absolute atomic E-state index is 15.3. The summed E-state index contributed by atoms with van der Waals surface area (Å²) in [6.07, 6.45) is 5.91. The summed E-state index contributed by atoms with van der Waals surface area (Å²) in [6.45, 7) is 16.1. The van der Waals surface area contributed by atoms with Crippen molar-refractivity contribution in [3.63, 3.8) is 0 Å². The molecule has 0 spiro atoms. The van der Waals surface area contributed by atoms with Gasteiger partial charge >= 0.3 is 0 Å². The van der Waals surface area contributed by atoms with Gasteiger partial charge in [0.05, 0.1) is 18.1 Å². The molecular weight excluding hydrogens is 1030 g/mol. The molecule has 16 heteroatoms. The summed E-state index contributed by atoms with van der Waals surface area (Å²) in [7, 11) is 3.36. The number of aryl methyl sites for hydroxylation is 1. The quantitative estimate of drug-likeness (QED) is 0.0661. The van der Waals surface area contributed by atoms with E-state index in [0.717, 1.165) is 66.3 Å². The van der Waals surface area contributed by atoms with E-state index in [1.807, 2.05) is 113 Å². The summed E-state index contributed by atoms with van der Waals surface area (Å²) in [5.74, 6) is -2.34. The van der Waals surface area contributed by atoms with E-state index in [0.29, 0.717) is 19.0 Å². The Bertz CT molecular complexity index is 2910. The average Bonchev–Trinajstić information content (AvgIpc) is 4.13. The fourth-order valence-corrected chi connectivity index (χ4v) is 12.3. The molecule has 7 amide bonds. The van der Waals surface area contributed by atoms with Gasteiger partial charge < -0.3 is 46.6 Å². The highest BCUT2D eigenvalue weighted by Gasteiger charge is 2.48. The minimum Gasteiger partial charge on any atom is -0.347 e. The molecule has 16 nitrogen and oxygen atoms in total. The number of fused-ring (bicyclic) bond motifs is 2. The molecule has 440 valence electrons. The van der Waals surface area contributed by atoms with Gasteiger partial charge in [0.25, 0.3) is 0 Å². The Morgan fingerprint density at radius 2 is 1.17 bits per heavy atom. The molecule has 8 rings (SSSR count). The number of rotatable bonds is 18. The lowest BCUT2D eigenvalue weighted by atomic mass is 9.83. The summed E-state index contributed by atoms with van der Waals surface area (Å²) in [5, 5.41) is 18.5. The molecule has 3 aliphatic heterocycles. The van der Waals surface area contributed by atoms with Crippen molar-refractivity contribution in [2.45, 2.75) is 174 Å². The first-order chi connectivity index (χ1) is 39.0. The average molecular weight is 1120 g/mol. The Morgan fingerprint density at radius 1 is 0.598 bits per heavy atom. The van der Waals surface area contributed by atoms with Crippen LogP contribution < -0.4 is 31.9 Å². The van der Waals surface area contributed by atoms with Crippen LogP contribution in [0.25, 0.3) is 0 Å².